The van der Waals surface area contributed by atoms with Gasteiger partial charge in [-0.15, -0.1) is 11.3 Å². The van der Waals surface area contributed by atoms with Crippen LogP contribution in [0.4, 0.5) is 5.69 Å². The van der Waals surface area contributed by atoms with Crippen molar-refractivity contribution < 1.29 is 8.42 Å². The minimum absolute atomic E-state index is 0.0788. The first-order valence-electron chi connectivity index (χ1n) is 6.34. The zero-order valence-electron chi connectivity index (χ0n) is 12.0. The molecule has 1 atom stereocenters. The van der Waals surface area contributed by atoms with Crippen LogP contribution in [0.15, 0.2) is 32.9 Å². The number of halogens is 1. The molecule has 0 fully saturated rings. The highest BCUT2D eigenvalue weighted by atomic mass is 79.9. The molecule has 1 aromatic carbocycles. The number of benzene rings is 1. The predicted molar refractivity (Wildman–Crippen MR) is 91.3 cm³/mol. The van der Waals surface area contributed by atoms with E-state index in [-0.39, 0.29) is 10.9 Å². The number of primary sulfonamides is 1. The molecule has 0 aliphatic rings. The van der Waals surface area contributed by atoms with Crippen LogP contribution in [0.2, 0.25) is 0 Å². The van der Waals surface area contributed by atoms with Crippen LogP contribution in [0, 0.1) is 13.8 Å². The van der Waals surface area contributed by atoms with E-state index in [2.05, 4.69) is 21.2 Å². The van der Waals surface area contributed by atoms with E-state index in [0.717, 1.165) is 20.6 Å². The Labute approximate surface area is 137 Å². The van der Waals surface area contributed by atoms with Crippen LogP contribution in [0.1, 0.15) is 29.0 Å². The number of sulfonamides is 1. The van der Waals surface area contributed by atoms with Gasteiger partial charge in [0.25, 0.3) is 0 Å². The van der Waals surface area contributed by atoms with E-state index in [1.54, 1.807) is 23.5 Å². The summed E-state index contributed by atoms with van der Waals surface area (Å²) in [6, 6.07) is 7.31. The second kappa shape index (κ2) is 6.08. The molecule has 1 aromatic heterocycles. The van der Waals surface area contributed by atoms with Gasteiger partial charge < -0.3 is 5.32 Å². The number of hydrogen-bond donors (Lipinski definition) is 2. The highest BCUT2D eigenvalue weighted by Gasteiger charge is 2.15. The van der Waals surface area contributed by atoms with Crippen LogP contribution < -0.4 is 10.5 Å². The van der Waals surface area contributed by atoms with Gasteiger partial charge in [0.2, 0.25) is 10.0 Å². The van der Waals surface area contributed by atoms with Crippen LogP contribution in [-0.2, 0) is 10.0 Å². The molecule has 1 heterocycles. The molecule has 21 heavy (non-hydrogen) atoms. The Morgan fingerprint density at radius 3 is 2.48 bits per heavy atom. The quantitative estimate of drug-likeness (QED) is 0.832. The van der Waals surface area contributed by atoms with Gasteiger partial charge in [-0.25, -0.2) is 13.6 Å². The standard InChI is InChI=1S/C14H17BrN2O2S2/c1-8-6-11(21(16,18)19)7-12(9(8)2)17-10(3)13-4-5-14(15)20-13/h4-7,10,17H,1-3H3,(H2,16,18,19). The predicted octanol–water partition coefficient (Wildman–Crippen LogP) is 3.95. The maximum atomic E-state index is 11.6. The summed E-state index contributed by atoms with van der Waals surface area (Å²) in [5.41, 5.74) is 2.70. The van der Waals surface area contributed by atoms with E-state index in [9.17, 15) is 8.42 Å². The van der Waals surface area contributed by atoms with Gasteiger partial charge in [-0.1, -0.05) is 0 Å². The van der Waals surface area contributed by atoms with Gasteiger partial charge in [-0.3, -0.25) is 0 Å². The van der Waals surface area contributed by atoms with Crippen LogP contribution in [0.5, 0.6) is 0 Å². The third-order valence-electron chi connectivity index (χ3n) is 3.36. The van der Waals surface area contributed by atoms with Gasteiger partial charge in [-0.2, -0.15) is 0 Å². The Morgan fingerprint density at radius 2 is 1.95 bits per heavy atom. The van der Waals surface area contributed by atoms with Gasteiger partial charge >= 0.3 is 0 Å². The molecule has 0 saturated heterocycles. The third kappa shape index (κ3) is 3.85. The Morgan fingerprint density at radius 1 is 1.29 bits per heavy atom. The lowest BCUT2D eigenvalue weighted by molar-refractivity contribution is 0.597. The van der Waals surface area contributed by atoms with Crippen molar-refractivity contribution in [2.45, 2.75) is 31.7 Å². The maximum Gasteiger partial charge on any atom is 0.238 e. The summed E-state index contributed by atoms with van der Waals surface area (Å²) in [7, 11) is -3.71. The van der Waals surface area contributed by atoms with Crippen molar-refractivity contribution in [2.75, 3.05) is 5.32 Å². The second-order valence-corrected chi connectivity index (χ2v) is 9.02. The van der Waals surface area contributed by atoms with Gasteiger partial charge in [0.1, 0.15) is 0 Å². The van der Waals surface area contributed by atoms with E-state index in [0.29, 0.717) is 0 Å². The zero-order chi connectivity index (χ0) is 15.8. The van der Waals surface area contributed by atoms with Crippen LogP contribution in [-0.4, -0.2) is 8.42 Å². The average Bonchev–Trinajstić information content (AvgIpc) is 2.80. The number of thiophene rings is 1. The Balaban J connectivity index is 2.37. The summed E-state index contributed by atoms with van der Waals surface area (Å²) in [6.07, 6.45) is 0. The van der Waals surface area contributed by atoms with E-state index in [1.165, 1.54) is 4.88 Å². The van der Waals surface area contributed by atoms with Crippen molar-refractivity contribution in [1.29, 1.82) is 0 Å². The molecule has 7 heteroatoms. The largest absolute Gasteiger partial charge is 0.377 e. The highest BCUT2D eigenvalue weighted by Crippen LogP contribution is 2.31. The Kier molecular flexibility index (Phi) is 4.77. The summed E-state index contributed by atoms with van der Waals surface area (Å²) in [5, 5.41) is 8.59. The summed E-state index contributed by atoms with van der Waals surface area (Å²) in [4.78, 5) is 1.30. The van der Waals surface area contributed by atoms with Crippen molar-refractivity contribution in [3.63, 3.8) is 0 Å². The van der Waals surface area contributed by atoms with Gasteiger partial charge in [0, 0.05) is 10.6 Å². The number of anilines is 1. The molecule has 1 unspecified atom stereocenters. The third-order valence-corrected chi connectivity index (χ3v) is 6.06. The van der Waals surface area contributed by atoms with E-state index in [4.69, 9.17) is 5.14 Å². The Hall–Kier alpha value is -0.890. The lowest BCUT2D eigenvalue weighted by Crippen LogP contribution is -2.14. The minimum Gasteiger partial charge on any atom is -0.377 e. The molecule has 114 valence electrons. The molecule has 0 radical (unpaired) electrons. The summed E-state index contributed by atoms with van der Waals surface area (Å²) in [5.74, 6) is 0. The van der Waals surface area contributed by atoms with Crippen LogP contribution >= 0.6 is 27.3 Å². The van der Waals surface area contributed by atoms with Gasteiger partial charge in [0.15, 0.2) is 0 Å². The molecule has 2 rings (SSSR count). The lowest BCUT2D eigenvalue weighted by atomic mass is 10.1. The first-order valence-corrected chi connectivity index (χ1v) is 9.50. The van der Waals surface area contributed by atoms with E-state index >= 15 is 0 Å². The van der Waals surface area contributed by atoms with Crippen molar-refractivity contribution in [3.8, 4) is 0 Å². The molecule has 0 aliphatic heterocycles. The SMILES string of the molecule is Cc1cc(S(N)(=O)=O)cc(NC(C)c2ccc(Br)s2)c1C. The first-order chi connectivity index (χ1) is 9.68. The molecule has 4 nitrogen and oxygen atoms in total. The number of rotatable bonds is 4. The lowest BCUT2D eigenvalue weighted by Gasteiger charge is -2.18. The smallest absolute Gasteiger partial charge is 0.238 e. The molecule has 3 N–H and O–H groups in total. The number of aryl methyl sites for hydroxylation is 1. The fraction of sp³-hybridized carbons (Fsp3) is 0.286. The minimum atomic E-state index is -3.71. The topological polar surface area (TPSA) is 72.2 Å². The van der Waals surface area contributed by atoms with Crippen LogP contribution in [0.3, 0.4) is 0 Å². The fourth-order valence-electron chi connectivity index (χ4n) is 2.01. The monoisotopic (exact) mass is 388 g/mol. The van der Waals surface area contributed by atoms with Gasteiger partial charge in [-0.05, 0) is 72.1 Å². The number of nitrogens with two attached hydrogens (primary N) is 1. The molecule has 0 saturated carbocycles. The molecular formula is C14H17BrN2O2S2. The normalized spacial score (nSPS) is 13.2. The average molecular weight is 389 g/mol. The van der Waals surface area contributed by atoms with Crippen molar-refractivity contribution in [2.24, 2.45) is 5.14 Å². The zero-order valence-corrected chi connectivity index (χ0v) is 15.2. The summed E-state index contributed by atoms with van der Waals surface area (Å²) >= 11 is 5.09. The van der Waals surface area contributed by atoms with Gasteiger partial charge in [0.05, 0.1) is 14.7 Å². The van der Waals surface area contributed by atoms with Crippen molar-refractivity contribution >= 4 is 43.0 Å². The maximum absolute atomic E-state index is 11.6. The molecule has 0 aliphatic carbocycles. The summed E-state index contributed by atoms with van der Waals surface area (Å²) in [6.45, 7) is 5.87. The molecular weight excluding hydrogens is 372 g/mol. The van der Waals surface area contributed by atoms with Crippen molar-refractivity contribution in [3.05, 3.63) is 44.1 Å². The molecule has 0 bridgehead atoms. The second-order valence-electron chi connectivity index (χ2n) is 4.97. The summed E-state index contributed by atoms with van der Waals surface area (Å²) < 4.78 is 24.2. The molecule has 2 aromatic rings. The van der Waals surface area contributed by atoms with E-state index < -0.39 is 10.0 Å². The fourth-order valence-corrected chi connectivity index (χ4v) is 4.05. The molecule has 0 spiro atoms. The molecule has 0 amide bonds. The first kappa shape index (κ1) is 16.5. The number of nitrogens with one attached hydrogen (secondary N) is 1. The van der Waals surface area contributed by atoms with Crippen LogP contribution in [0.25, 0.3) is 0 Å². The van der Waals surface area contributed by atoms with E-state index in [1.807, 2.05) is 32.9 Å². The Bertz CT molecular complexity index is 769. The highest BCUT2D eigenvalue weighted by molar-refractivity contribution is 9.11. The number of hydrogen-bond acceptors (Lipinski definition) is 4. The van der Waals surface area contributed by atoms with Crippen molar-refractivity contribution in [1.82, 2.24) is 0 Å².